The topological polar surface area (TPSA) is 132 Å². The predicted molar refractivity (Wildman–Crippen MR) is 128 cm³/mol. The molecule has 0 saturated heterocycles. The van der Waals surface area contributed by atoms with E-state index in [4.69, 9.17) is 0 Å². The van der Waals surface area contributed by atoms with Crippen molar-refractivity contribution in [3.63, 3.8) is 0 Å². The number of aryl methyl sites for hydroxylation is 1. The SMILES string of the molecule is Cn1cc(Cn2c(=O)c3cc(S(=O)(=O)NC4(C#N)CC4)ccc3n(Cc3ccc(F)cc3)c2=O)cn1. The molecule has 0 aliphatic heterocycles. The Labute approximate surface area is 204 Å². The van der Waals surface area contributed by atoms with Crippen molar-refractivity contribution in [1.82, 2.24) is 23.6 Å². The van der Waals surface area contributed by atoms with Gasteiger partial charge in [0.2, 0.25) is 10.0 Å². The summed E-state index contributed by atoms with van der Waals surface area (Å²) in [6.07, 6.45) is 4.02. The summed E-state index contributed by atoms with van der Waals surface area (Å²) in [5.74, 6) is -0.425. The lowest BCUT2D eigenvalue weighted by Gasteiger charge is -2.16. The van der Waals surface area contributed by atoms with Gasteiger partial charge in [-0.1, -0.05) is 12.1 Å². The second-order valence-electron chi connectivity index (χ2n) is 8.89. The van der Waals surface area contributed by atoms with Crippen LogP contribution in [-0.4, -0.2) is 32.9 Å². The highest BCUT2D eigenvalue weighted by molar-refractivity contribution is 7.89. The summed E-state index contributed by atoms with van der Waals surface area (Å²) in [4.78, 5) is 26.7. The fourth-order valence-corrected chi connectivity index (χ4v) is 5.45. The molecule has 184 valence electrons. The van der Waals surface area contributed by atoms with Gasteiger partial charge in [0, 0.05) is 18.8 Å². The predicted octanol–water partition coefficient (Wildman–Crippen LogP) is 1.47. The van der Waals surface area contributed by atoms with Gasteiger partial charge in [-0.05, 0) is 48.7 Å². The molecular weight excluding hydrogens is 487 g/mol. The van der Waals surface area contributed by atoms with Crippen molar-refractivity contribution in [2.75, 3.05) is 0 Å². The van der Waals surface area contributed by atoms with Crippen molar-refractivity contribution >= 4 is 20.9 Å². The molecule has 0 unspecified atom stereocenters. The standard InChI is InChI=1S/C24H21FN6O4S/c1-29-12-17(11-27-29)14-31-22(32)20-10-19(36(34,35)28-24(15-26)8-9-24)6-7-21(20)30(23(31)33)13-16-2-4-18(25)5-3-16/h2-7,10-12,28H,8-9,13-14H2,1H3. The third kappa shape index (κ3) is 4.34. The van der Waals surface area contributed by atoms with Crippen LogP contribution in [0.4, 0.5) is 4.39 Å². The van der Waals surface area contributed by atoms with Gasteiger partial charge in [0.05, 0.1) is 41.2 Å². The lowest BCUT2D eigenvalue weighted by molar-refractivity contribution is 0.571. The van der Waals surface area contributed by atoms with Crippen molar-refractivity contribution in [1.29, 1.82) is 5.26 Å². The Hall–Kier alpha value is -4.08. The summed E-state index contributed by atoms with van der Waals surface area (Å²) in [5, 5.41) is 13.4. The fourth-order valence-electron chi connectivity index (χ4n) is 4.05. The number of fused-ring (bicyclic) bond motifs is 1. The van der Waals surface area contributed by atoms with Crippen LogP contribution in [0.2, 0.25) is 0 Å². The van der Waals surface area contributed by atoms with Crippen LogP contribution in [0.25, 0.3) is 10.9 Å². The van der Waals surface area contributed by atoms with Crippen LogP contribution in [0.5, 0.6) is 0 Å². The lowest BCUT2D eigenvalue weighted by atomic mass is 10.2. The Balaban J connectivity index is 1.68. The number of benzene rings is 2. The largest absolute Gasteiger partial charge is 0.332 e. The second kappa shape index (κ2) is 8.54. The van der Waals surface area contributed by atoms with E-state index in [1.54, 1.807) is 13.2 Å². The number of nitrogens with one attached hydrogen (secondary N) is 1. The maximum Gasteiger partial charge on any atom is 0.332 e. The van der Waals surface area contributed by atoms with Crippen LogP contribution in [0, 0.1) is 17.1 Å². The number of rotatable bonds is 7. The van der Waals surface area contributed by atoms with Gasteiger partial charge in [-0.15, -0.1) is 0 Å². The molecule has 0 bridgehead atoms. The summed E-state index contributed by atoms with van der Waals surface area (Å²) in [7, 11) is -2.39. The zero-order chi connectivity index (χ0) is 25.7. The molecular formula is C24H21FN6O4S. The molecule has 1 aliphatic carbocycles. The summed E-state index contributed by atoms with van der Waals surface area (Å²) in [5.41, 5.74) is -0.926. The van der Waals surface area contributed by atoms with Crippen LogP contribution >= 0.6 is 0 Å². The summed E-state index contributed by atoms with van der Waals surface area (Å²) < 4.78 is 45.7. The molecule has 12 heteroatoms. The number of hydrogen-bond donors (Lipinski definition) is 1. The van der Waals surface area contributed by atoms with E-state index >= 15 is 0 Å². The molecule has 4 aromatic rings. The van der Waals surface area contributed by atoms with Gasteiger partial charge < -0.3 is 0 Å². The van der Waals surface area contributed by atoms with Crippen molar-refractivity contribution in [2.45, 2.75) is 36.4 Å². The number of sulfonamides is 1. The number of nitriles is 1. The summed E-state index contributed by atoms with van der Waals surface area (Å²) in [6, 6.07) is 11.5. The van der Waals surface area contributed by atoms with Crippen LogP contribution in [0.3, 0.4) is 0 Å². The highest BCUT2D eigenvalue weighted by atomic mass is 32.2. The van der Waals surface area contributed by atoms with E-state index < -0.39 is 32.6 Å². The molecule has 36 heavy (non-hydrogen) atoms. The molecule has 0 atom stereocenters. The molecule has 1 saturated carbocycles. The minimum absolute atomic E-state index is 0.0188. The van der Waals surface area contributed by atoms with Gasteiger partial charge in [0.15, 0.2) is 0 Å². The third-order valence-corrected chi connectivity index (χ3v) is 7.69. The van der Waals surface area contributed by atoms with Gasteiger partial charge in [0.1, 0.15) is 11.4 Å². The average molecular weight is 509 g/mol. The van der Waals surface area contributed by atoms with E-state index in [0.29, 0.717) is 24.0 Å². The molecule has 0 amide bonds. The van der Waals surface area contributed by atoms with Gasteiger partial charge in [-0.2, -0.15) is 15.1 Å². The Morgan fingerprint density at radius 2 is 1.78 bits per heavy atom. The second-order valence-corrected chi connectivity index (χ2v) is 10.6. The van der Waals surface area contributed by atoms with E-state index in [0.717, 1.165) is 4.57 Å². The summed E-state index contributed by atoms with van der Waals surface area (Å²) >= 11 is 0. The van der Waals surface area contributed by atoms with E-state index in [1.807, 2.05) is 6.07 Å². The quantitative estimate of drug-likeness (QED) is 0.402. The van der Waals surface area contributed by atoms with Gasteiger partial charge in [-0.25, -0.2) is 17.6 Å². The van der Waals surface area contributed by atoms with Gasteiger partial charge in [-0.3, -0.25) is 18.6 Å². The molecule has 5 rings (SSSR count). The van der Waals surface area contributed by atoms with E-state index in [-0.39, 0.29) is 28.9 Å². The normalized spacial score (nSPS) is 14.6. The Bertz CT molecular complexity index is 1760. The average Bonchev–Trinajstić information content (AvgIpc) is 3.50. The molecule has 0 spiro atoms. The van der Waals surface area contributed by atoms with Crippen LogP contribution < -0.4 is 16.0 Å². The molecule has 1 N–H and O–H groups in total. The first kappa shape index (κ1) is 23.7. The van der Waals surface area contributed by atoms with Crippen LogP contribution in [-0.2, 0) is 30.2 Å². The van der Waals surface area contributed by atoms with E-state index in [9.17, 15) is 27.7 Å². The number of hydrogen-bond acceptors (Lipinski definition) is 6. The Morgan fingerprint density at radius 1 is 1.08 bits per heavy atom. The van der Waals surface area contributed by atoms with Crippen molar-refractivity contribution in [3.8, 4) is 6.07 Å². The molecule has 2 aromatic heterocycles. The smallest absolute Gasteiger partial charge is 0.289 e. The van der Waals surface area contributed by atoms with Crippen molar-refractivity contribution in [3.05, 3.63) is 92.6 Å². The molecule has 0 radical (unpaired) electrons. The first-order valence-electron chi connectivity index (χ1n) is 11.1. The monoisotopic (exact) mass is 508 g/mol. The summed E-state index contributed by atoms with van der Waals surface area (Å²) in [6.45, 7) is -0.0392. The number of halogens is 1. The first-order chi connectivity index (χ1) is 17.1. The number of aromatic nitrogens is 4. The molecule has 1 fully saturated rings. The zero-order valence-electron chi connectivity index (χ0n) is 19.2. The van der Waals surface area contributed by atoms with Crippen LogP contribution in [0.1, 0.15) is 24.0 Å². The zero-order valence-corrected chi connectivity index (χ0v) is 20.0. The Morgan fingerprint density at radius 3 is 2.39 bits per heavy atom. The maximum absolute atomic E-state index is 13.5. The maximum atomic E-state index is 13.5. The van der Waals surface area contributed by atoms with Crippen LogP contribution in [0.15, 0.2) is 69.3 Å². The molecule has 10 nitrogen and oxygen atoms in total. The molecule has 1 aliphatic rings. The van der Waals surface area contributed by atoms with Gasteiger partial charge in [0.25, 0.3) is 5.56 Å². The third-order valence-electron chi connectivity index (χ3n) is 6.15. The first-order valence-corrected chi connectivity index (χ1v) is 12.5. The highest BCUT2D eigenvalue weighted by Gasteiger charge is 2.46. The Kier molecular flexibility index (Phi) is 5.61. The highest BCUT2D eigenvalue weighted by Crippen LogP contribution is 2.36. The minimum Gasteiger partial charge on any atom is -0.289 e. The lowest BCUT2D eigenvalue weighted by Crippen LogP contribution is -2.40. The van der Waals surface area contributed by atoms with E-state index in [1.165, 1.54) is 57.9 Å². The number of nitrogens with zero attached hydrogens (tertiary/aromatic N) is 5. The molecule has 2 aromatic carbocycles. The fraction of sp³-hybridized carbons (Fsp3) is 0.250. The van der Waals surface area contributed by atoms with Crippen molar-refractivity contribution < 1.29 is 12.8 Å². The minimum atomic E-state index is -4.09. The van der Waals surface area contributed by atoms with Gasteiger partial charge >= 0.3 is 5.69 Å². The molecule has 2 heterocycles. The van der Waals surface area contributed by atoms with Crippen molar-refractivity contribution in [2.24, 2.45) is 7.05 Å². The van der Waals surface area contributed by atoms with E-state index in [2.05, 4.69) is 9.82 Å².